The Morgan fingerprint density at radius 3 is 2.21 bits per heavy atom. The van der Waals surface area contributed by atoms with Gasteiger partial charge in [0.25, 0.3) is 0 Å². The Morgan fingerprint density at radius 1 is 1.11 bits per heavy atom. The third kappa shape index (κ3) is 2.71. The average molecular weight is 262 g/mol. The van der Waals surface area contributed by atoms with Gasteiger partial charge in [0.2, 0.25) is 0 Å². The molecule has 0 radical (unpaired) electrons. The van der Waals surface area contributed by atoms with Gasteiger partial charge in [0.1, 0.15) is 0 Å². The van der Waals surface area contributed by atoms with E-state index < -0.39 is 0 Å². The first-order valence-electron chi connectivity index (χ1n) is 6.75. The van der Waals surface area contributed by atoms with E-state index in [0.29, 0.717) is 0 Å². The minimum absolute atomic E-state index is 0.0716. The maximum absolute atomic E-state index is 6.06. The molecule has 0 N–H and O–H groups in total. The van der Waals surface area contributed by atoms with Crippen molar-refractivity contribution in [1.82, 2.24) is 0 Å². The molecule has 2 rings (SSSR count). The summed E-state index contributed by atoms with van der Waals surface area (Å²) < 4.78 is 17.5. The van der Waals surface area contributed by atoms with Crippen LogP contribution in [-0.2, 0) is 14.0 Å². The van der Waals surface area contributed by atoms with Crippen molar-refractivity contribution in [1.29, 1.82) is 0 Å². The highest BCUT2D eigenvalue weighted by Crippen LogP contribution is 2.36. The molecule has 1 saturated heterocycles. The maximum atomic E-state index is 6.06. The molecule has 0 aromatic heterocycles. The minimum Gasteiger partial charge on any atom is -0.399 e. The molecule has 4 heteroatoms. The van der Waals surface area contributed by atoms with Crippen molar-refractivity contribution in [3.8, 4) is 0 Å². The summed E-state index contributed by atoms with van der Waals surface area (Å²) >= 11 is 0. The van der Waals surface area contributed by atoms with Gasteiger partial charge in [-0.25, -0.2) is 0 Å². The zero-order chi connectivity index (χ0) is 14.3. The van der Waals surface area contributed by atoms with Gasteiger partial charge in [-0.15, -0.1) is 0 Å². The quantitative estimate of drug-likeness (QED) is 0.784. The zero-order valence-electron chi connectivity index (χ0n) is 12.7. The number of benzene rings is 1. The van der Waals surface area contributed by atoms with E-state index in [9.17, 15) is 0 Å². The van der Waals surface area contributed by atoms with E-state index in [2.05, 4.69) is 39.8 Å². The number of hydrogen-bond donors (Lipinski definition) is 0. The Hall–Kier alpha value is -0.835. The molecular weight excluding hydrogens is 239 g/mol. The number of hydrogen-bond acceptors (Lipinski definition) is 3. The fraction of sp³-hybridized carbons (Fsp3) is 0.600. The summed E-state index contributed by atoms with van der Waals surface area (Å²) in [5, 5.41) is 0. The van der Waals surface area contributed by atoms with Gasteiger partial charge < -0.3 is 14.0 Å². The molecule has 1 atom stereocenters. The van der Waals surface area contributed by atoms with Crippen molar-refractivity contribution >= 4 is 12.6 Å². The van der Waals surface area contributed by atoms with Gasteiger partial charge in [0.15, 0.2) is 0 Å². The van der Waals surface area contributed by atoms with Crippen LogP contribution in [0.1, 0.15) is 46.3 Å². The predicted molar refractivity (Wildman–Crippen MR) is 77.6 cm³/mol. The molecular formula is C15H23BO3. The Kier molecular flexibility index (Phi) is 3.78. The fourth-order valence-electron chi connectivity index (χ4n) is 2.07. The predicted octanol–water partition coefficient (Wildman–Crippen LogP) is 2.69. The highest BCUT2D eigenvalue weighted by Gasteiger charge is 2.51. The molecule has 0 bridgehead atoms. The normalized spacial score (nSPS) is 22.5. The Labute approximate surface area is 116 Å². The number of ether oxygens (including phenoxy) is 1. The highest BCUT2D eigenvalue weighted by molar-refractivity contribution is 6.62. The van der Waals surface area contributed by atoms with Crippen molar-refractivity contribution in [2.45, 2.75) is 51.9 Å². The first-order chi connectivity index (χ1) is 8.77. The second kappa shape index (κ2) is 4.93. The fourth-order valence-corrected chi connectivity index (χ4v) is 2.07. The van der Waals surface area contributed by atoms with Crippen molar-refractivity contribution in [3.05, 3.63) is 29.8 Å². The van der Waals surface area contributed by atoms with Gasteiger partial charge in [-0.1, -0.05) is 24.3 Å². The highest BCUT2D eigenvalue weighted by atomic mass is 16.7. The zero-order valence-corrected chi connectivity index (χ0v) is 12.7. The van der Waals surface area contributed by atoms with E-state index in [1.165, 1.54) is 0 Å². The Bertz CT molecular complexity index is 440. The van der Waals surface area contributed by atoms with Crippen LogP contribution >= 0.6 is 0 Å². The lowest BCUT2D eigenvalue weighted by molar-refractivity contribution is 0.00578. The number of methoxy groups -OCH3 is 1. The van der Waals surface area contributed by atoms with Gasteiger partial charge >= 0.3 is 7.12 Å². The topological polar surface area (TPSA) is 27.7 Å². The summed E-state index contributed by atoms with van der Waals surface area (Å²) in [4.78, 5) is 0. The van der Waals surface area contributed by atoms with Gasteiger partial charge in [-0.3, -0.25) is 0 Å². The van der Waals surface area contributed by atoms with E-state index in [1.807, 2.05) is 19.1 Å². The number of rotatable bonds is 3. The van der Waals surface area contributed by atoms with Crippen molar-refractivity contribution in [2.24, 2.45) is 0 Å². The summed E-state index contributed by atoms with van der Waals surface area (Å²) in [6.07, 6.45) is 0.0716. The summed E-state index contributed by atoms with van der Waals surface area (Å²) in [7, 11) is 1.40. The molecule has 1 heterocycles. The molecule has 19 heavy (non-hydrogen) atoms. The van der Waals surface area contributed by atoms with Crippen LogP contribution < -0.4 is 5.46 Å². The minimum atomic E-state index is -0.311. The van der Waals surface area contributed by atoms with Crippen LogP contribution in [0.3, 0.4) is 0 Å². The lowest BCUT2D eigenvalue weighted by Crippen LogP contribution is -2.41. The molecule has 3 nitrogen and oxygen atoms in total. The van der Waals surface area contributed by atoms with Crippen LogP contribution in [0.25, 0.3) is 0 Å². The van der Waals surface area contributed by atoms with Gasteiger partial charge in [-0.05, 0) is 45.6 Å². The van der Waals surface area contributed by atoms with E-state index in [0.717, 1.165) is 11.0 Å². The molecule has 0 spiro atoms. The van der Waals surface area contributed by atoms with Crippen LogP contribution in [0.2, 0.25) is 0 Å². The van der Waals surface area contributed by atoms with Gasteiger partial charge in [0, 0.05) is 7.11 Å². The van der Waals surface area contributed by atoms with Crippen LogP contribution in [0.15, 0.2) is 24.3 Å². The summed E-state index contributed by atoms with van der Waals surface area (Å²) in [6, 6.07) is 8.21. The van der Waals surface area contributed by atoms with Crippen molar-refractivity contribution in [2.75, 3.05) is 7.11 Å². The third-order valence-corrected chi connectivity index (χ3v) is 4.26. The molecule has 0 aliphatic carbocycles. The molecule has 104 valence electrons. The van der Waals surface area contributed by atoms with Crippen LogP contribution in [0.5, 0.6) is 0 Å². The summed E-state index contributed by atoms with van der Waals surface area (Å²) in [5.41, 5.74) is 1.57. The van der Waals surface area contributed by atoms with Crippen LogP contribution in [0, 0.1) is 0 Å². The molecule has 1 aliphatic heterocycles. The Morgan fingerprint density at radius 2 is 1.68 bits per heavy atom. The van der Waals surface area contributed by atoms with E-state index in [1.54, 1.807) is 7.11 Å². The second-order valence-electron chi connectivity index (χ2n) is 6.14. The first-order valence-corrected chi connectivity index (χ1v) is 6.75. The average Bonchev–Trinajstić information content (AvgIpc) is 2.58. The second-order valence-corrected chi connectivity index (χ2v) is 6.14. The van der Waals surface area contributed by atoms with E-state index in [-0.39, 0.29) is 24.4 Å². The lowest BCUT2D eigenvalue weighted by Gasteiger charge is -2.32. The first kappa shape index (κ1) is 14.6. The SMILES string of the molecule is COC(C)c1cccc(B2OC(C)(C)C(C)(C)O2)c1. The monoisotopic (exact) mass is 262 g/mol. The van der Waals surface area contributed by atoms with Gasteiger partial charge in [-0.2, -0.15) is 0 Å². The standard InChI is InChI=1S/C15H23BO3/c1-11(17-6)12-8-7-9-13(10-12)16-18-14(2,3)15(4,5)19-16/h7-11H,1-6H3. The molecule has 1 aromatic rings. The third-order valence-electron chi connectivity index (χ3n) is 4.26. The van der Waals surface area contributed by atoms with Crippen LogP contribution in [-0.4, -0.2) is 25.4 Å². The van der Waals surface area contributed by atoms with E-state index >= 15 is 0 Å². The summed E-state index contributed by atoms with van der Waals surface area (Å²) in [5.74, 6) is 0. The molecule has 0 saturated carbocycles. The molecule has 1 fully saturated rings. The Balaban J connectivity index is 2.25. The molecule has 1 unspecified atom stereocenters. The van der Waals surface area contributed by atoms with Crippen molar-refractivity contribution < 1.29 is 14.0 Å². The molecule has 0 amide bonds. The van der Waals surface area contributed by atoms with E-state index in [4.69, 9.17) is 14.0 Å². The largest absolute Gasteiger partial charge is 0.494 e. The smallest absolute Gasteiger partial charge is 0.399 e. The molecule has 1 aliphatic rings. The summed E-state index contributed by atoms with van der Waals surface area (Å²) in [6.45, 7) is 10.3. The maximum Gasteiger partial charge on any atom is 0.494 e. The van der Waals surface area contributed by atoms with Gasteiger partial charge in [0.05, 0.1) is 17.3 Å². The molecule has 1 aromatic carbocycles. The van der Waals surface area contributed by atoms with Crippen molar-refractivity contribution in [3.63, 3.8) is 0 Å². The lowest BCUT2D eigenvalue weighted by atomic mass is 9.78. The van der Waals surface area contributed by atoms with Crippen LogP contribution in [0.4, 0.5) is 0 Å².